The van der Waals surface area contributed by atoms with Crippen LogP contribution in [0, 0.1) is 0 Å². The standard InChI is InChI=1S/C11H15BrN2/c1-4-14-10-8(6-11(14,2)3)5-9(12)7-13-10/h5,7H,4,6H2,1-3H3. The molecule has 0 amide bonds. The molecule has 0 spiro atoms. The Balaban J connectivity index is 2.48. The Bertz CT molecular complexity index is 360. The molecule has 76 valence electrons. The van der Waals surface area contributed by atoms with Crippen molar-refractivity contribution in [2.24, 2.45) is 0 Å². The molecule has 1 aliphatic heterocycles. The van der Waals surface area contributed by atoms with Gasteiger partial charge in [0, 0.05) is 22.8 Å². The normalized spacial score (nSPS) is 18.4. The van der Waals surface area contributed by atoms with Gasteiger partial charge in [0.15, 0.2) is 0 Å². The summed E-state index contributed by atoms with van der Waals surface area (Å²) in [6.45, 7) is 7.74. The Morgan fingerprint density at radius 3 is 2.93 bits per heavy atom. The summed E-state index contributed by atoms with van der Waals surface area (Å²) in [7, 11) is 0. The number of rotatable bonds is 1. The van der Waals surface area contributed by atoms with Crippen LogP contribution in [0.1, 0.15) is 26.3 Å². The molecule has 0 fully saturated rings. The van der Waals surface area contributed by atoms with E-state index in [9.17, 15) is 0 Å². The molecule has 14 heavy (non-hydrogen) atoms. The van der Waals surface area contributed by atoms with Gasteiger partial charge in [0.25, 0.3) is 0 Å². The molecule has 3 heteroatoms. The third-order valence-electron chi connectivity index (χ3n) is 2.84. The van der Waals surface area contributed by atoms with E-state index in [1.54, 1.807) is 0 Å². The third-order valence-corrected chi connectivity index (χ3v) is 3.27. The number of hydrogen-bond acceptors (Lipinski definition) is 2. The number of hydrogen-bond donors (Lipinski definition) is 0. The highest BCUT2D eigenvalue weighted by molar-refractivity contribution is 9.10. The second kappa shape index (κ2) is 3.23. The third kappa shape index (κ3) is 1.44. The van der Waals surface area contributed by atoms with Crippen molar-refractivity contribution in [3.8, 4) is 0 Å². The minimum absolute atomic E-state index is 0.213. The predicted molar refractivity (Wildman–Crippen MR) is 62.7 cm³/mol. The average Bonchev–Trinajstić information content (AvgIpc) is 2.33. The van der Waals surface area contributed by atoms with E-state index in [-0.39, 0.29) is 5.54 Å². The van der Waals surface area contributed by atoms with E-state index < -0.39 is 0 Å². The van der Waals surface area contributed by atoms with Gasteiger partial charge in [0.2, 0.25) is 0 Å². The van der Waals surface area contributed by atoms with E-state index in [4.69, 9.17) is 0 Å². The van der Waals surface area contributed by atoms with Crippen molar-refractivity contribution in [2.45, 2.75) is 32.7 Å². The molecule has 2 rings (SSSR count). The van der Waals surface area contributed by atoms with Crippen LogP contribution in [0.3, 0.4) is 0 Å². The second-order valence-corrected chi connectivity index (χ2v) is 5.29. The predicted octanol–water partition coefficient (Wildman–Crippen LogP) is 3.01. The second-order valence-electron chi connectivity index (χ2n) is 4.37. The maximum absolute atomic E-state index is 4.49. The van der Waals surface area contributed by atoms with Gasteiger partial charge in [-0.2, -0.15) is 0 Å². The Labute approximate surface area is 93.5 Å². The Kier molecular flexibility index (Phi) is 2.30. The number of aromatic nitrogens is 1. The van der Waals surface area contributed by atoms with Crippen molar-refractivity contribution in [1.29, 1.82) is 0 Å². The monoisotopic (exact) mass is 254 g/mol. The van der Waals surface area contributed by atoms with Crippen LogP contribution in [-0.2, 0) is 6.42 Å². The van der Waals surface area contributed by atoms with E-state index in [0.717, 1.165) is 23.3 Å². The number of fused-ring (bicyclic) bond motifs is 1. The van der Waals surface area contributed by atoms with Crippen molar-refractivity contribution >= 4 is 21.7 Å². The Hall–Kier alpha value is -0.570. The first-order valence-corrected chi connectivity index (χ1v) is 5.76. The minimum atomic E-state index is 0.213. The van der Waals surface area contributed by atoms with Crippen molar-refractivity contribution in [1.82, 2.24) is 4.98 Å². The summed E-state index contributed by atoms with van der Waals surface area (Å²) in [5.74, 6) is 1.15. The van der Waals surface area contributed by atoms with Crippen LogP contribution >= 0.6 is 15.9 Å². The molecule has 0 N–H and O–H groups in total. The first-order valence-electron chi connectivity index (χ1n) is 4.96. The molecule has 0 saturated heterocycles. The molecule has 0 saturated carbocycles. The first-order chi connectivity index (χ1) is 6.54. The van der Waals surface area contributed by atoms with Crippen LogP contribution in [0.5, 0.6) is 0 Å². The number of pyridine rings is 1. The van der Waals surface area contributed by atoms with Gasteiger partial charge < -0.3 is 4.90 Å². The Morgan fingerprint density at radius 1 is 1.57 bits per heavy atom. The fraction of sp³-hybridized carbons (Fsp3) is 0.545. The van der Waals surface area contributed by atoms with Crippen molar-refractivity contribution in [2.75, 3.05) is 11.4 Å². The summed E-state index contributed by atoms with van der Waals surface area (Å²) in [6, 6.07) is 2.18. The lowest BCUT2D eigenvalue weighted by Crippen LogP contribution is -2.41. The molecule has 0 unspecified atom stereocenters. The van der Waals surface area contributed by atoms with Gasteiger partial charge in [-0.15, -0.1) is 0 Å². The van der Waals surface area contributed by atoms with Gasteiger partial charge in [0.1, 0.15) is 5.82 Å². The van der Waals surface area contributed by atoms with Crippen molar-refractivity contribution in [3.63, 3.8) is 0 Å². The molecule has 1 aliphatic rings. The maximum atomic E-state index is 4.49. The summed E-state index contributed by atoms with van der Waals surface area (Å²) < 4.78 is 1.07. The molecule has 0 atom stereocenters. The highest BCUT2D eigenvalue weighted by Crippen LogP contribution is 2.37. The number of nitrogens with zero attached hydrogens (tertiary/aromatic N) is 2. The van der Waals surface area contributed by atoms with Crippen LogP contribution in [0.4, 0.5) is 5.82 Å². The SMILES string of the molecule is CCN1c2ncc(Br)cc2CC1(C)C. The first kappa shape index (κ1) is 9.97. The van der Waals surface area contributed by atoms with Gasteiger partial charge in [0.05, 0.1) is 0 Å². The summed E-state index contributed by atoms with van der Waals surface area (Å²) in [5.41, 5.74) is 1.57. The topological polar surface area (TPSA) is 16.1 Å². The number of likely N-dealkylation sites (N-methyl/N-ethyl adjacent to an activating group) is 1. The van der Waals surface area contributed by atoms with Gasteiger partial charge in [-0.25, -0.2) is 4.98 Å². The van der Waals surface area contributed by atoms with Gasteiger partial charge in [-0.3, -0.25) is 0 Å². The van der Waals surface area contributed by atoms with E-state index in [0.29, 0.717) is 0 Å². The molecule has 2 nitrogen and oxygen atoms in total. The van der Waals surface area contributed by atoms with Crippen LogP contribution in [0.25, 0.3) is 0 Å². The zero-order valence-electron chi connectivity index (χ0n) is 8.84. The van der Waals surface area contributed by atoms with E-state index in [1.165, 1.54) is 5.56 Å². The molecule has 0 aromatic carbocycles. The van der Waals surface area contributed by atoms with E-state index in [2.05, 4.69) is 52.7 Å². The molecule has 0 radical (unpaired) electrons. The van der Waals surface area contributed by atoms with Gasteiger partial charge >= 0.3 is 0 Å². The zero-order chi connectivity index (χ0) is 10.3. The van der Waals surface area contributed by atoms with Crippen molar-refractivity contribution in [3.05, 3.63) is 22.3 Å². The van der Waals surface area contributed by atoms with Crippen LogP contribution < -0.4 is 4.90 Å². The molecular formula is C11H15BrN2. The van der Waals surface area contributed by atoms with Crippen LogP contribution in [-0.4, -0.2) is 17.1 Å². The number of anilines is 1. The maximum Gasteiger partial charge on any atom is 0.132 e. The summed E-state index contributed by atoms with van der Waals surface area (Å²) in [4.78, 5) is 6.86. The molecule has 0 bridgehead atoms. The molecule has 1 aromatic heterocycles. The summed E-state index contributed by atoms with van der Waals surface area (Å²) >= 11 is 3.46. The smallest absolute Gasteiger partial charge is 0.132 e. The van der Waals surface area contributed by atoms with E-state index >= 15 is 0 Å². The fourth-order valence-electron chi connectivity index (χ4n) is 2.27. The highest BCUT2D eigenvalue weighted by atomic mass is 79.9. The fourth-order valence-corrected chi connectivity index (χ4v) is 2.65. The van der Waals surface area contributed by atoms with Gasteiger partial charge in [-0.05, 0) is 54.8 Å². The summed E-state index contributed by atoms with van der Waals surface area (Å²) in [6.07, 6.45) is 2.96. The molecule has 2 heterocycles. The van der Waals surface area contributed by atoms with Gasteiger partial charge in [-0.1, -0.05) is 0 Å². The highest BCUT2D eigenvalue weighted by Gasteiger charge is 2.35. The molecular weight excluding hydrogens is 240 g/mol. The van der Waals surface area contributed by atoms with Crippen molar-refractivity contribution < 1.29 is 0 Å². The summed E-state index contributed by atoms with van der Waals surface area (Å²) in [5, 5.41) is 0. The zero-order valence-corrected chi connectivity index (χ0v) is 10.4. The number of halogens is 1. The molecule has 0 aliphatic carbocycles. The average molecular weight is 255 g/mol. The molecule has 1 aromatic rings. The lowest BCUT2D eigenvalue weighted by molar-refractivity contribution is 0.493. The quantitative estimate of drug-likeness (QED) is 0.766. The van der Waals surface area contributed by atoms with E-state index in [1.807, 2.05) is 6.20 Å². The lowest BCUT2D eigenvalue weighted by atomic mass is 10.00. The van der Waals surface area contributed by atoms with Crippen LogP contribution in [0.2, 0.25) is 0 Å². The Morgan fingerprint density at radius 2 is 2.29 bits per heavy atom. The lowest BCUT2D eigenvalue weighted by Gasteiger charge is -2.32. The minimum Gasteiger partial charge on any atom is -0.351 e. The largest absolute Gasteiger partial charge is 0.351 e. The van der Waals surface area contributed by atoms with Crippen LogP contribution in [0.15, 0.2) is 16.7 Å².